The fraction of sp³-hybridized carbons (Fsp3) is 0.455. The number of nitro groups is 1. The van der Waals surface area contributed by atoms with Crippen LogP contribution >= 0.6 is 12.4 Å². The summed E-state index contributed by atoms with van der Waals surface area (Å²) < 4.78 is 0. The molecular formula is C11H18ClN3O4. The molecule has 1 aromatic rings. The van der Waals surface area contributed by atoms with E-state index >= 15 is 0 Å². The molecule has 1 atom stereocenters. The van der Waals surface area contributed by atoms with Crippen LogP contribution in [-0.4, -0.2) is 21.7 Å². The molecule has 0 aliphatic carbocycles. The van der Waals surface area contributed by atoms with E-state index in [0.717, 1.165) is 12.8 Å². The summed E-state index contributed by atoms with van der Waals surface area (Å²) in [6.07, 6.45) is 2.23. The largest absolute Gasteiger partial charge is 0.504 e. The average Bonchev–Trinajstić information content (AvgIpc) is 2.32. The van der Waals surface area contributed by atoms with E-state index in [9.17, 15) is 20.3 Å². The second-order valence-electron chi connectivity index (χ2n) is 4.06. The Morgan fingerprint density at radius 1 is 1.32 bits per heavy atom. The number of hydrogen-bond donors (Lipinski definition) is 4. The highest BCUT2D eigenvalue weighted by Gasteiger charge is 2.20. The lowest BCUT2D eigenvalue weighted by molar-refractivity contribution is -0.386. The SMILES string of the molecule is Cl.NCCCC[C@@H](N)c1cc(O)c(O)c([N+](=O)[O-])c1. The van der Waals surface area contributed by atoms with Crippen molar-refractivity contribution in [1.29, 1.82) is 0 Å². The first-order chi connectivity index (χ1) is 8.47. The number of nitrogens with two attached hydrogens (primary N) is 2. The fourth-order valence-corrected chi connectivity index (χ4v) is 1.65. The zero-order valence-corrected chi connectivity index (χ0v) is 11.1. The zero-order valence-electron chi connectivity index (χ0n) is 10.3. The Kier molecular flexibility index (Phi) is 7.13. The van der Waals surface area contributed by atoms with Gasteiger partial charge in [-0.15, -0.1) is 12.4 Å². The van der Waals surface area contributed by atoms with Crippen molar-refractivity contribution in [2.75, 3.05) is 6.54 Å². The highest BCUT2D eigenvalue weighted by molar-refractivity contribution is 5.85. The summed E-state index contributed by atoms with van der Waals surface area (Å²) in [7, 11) is 0. The van der Waals surface area contributed by atoms with Gasteiger partial charge in [0.05, 0.1) is 4.92 Å². The number of nitro benzene ring substituents is 1. The van der Waals surface area contributed by atoms with Crippen molar-refractivity contribution >= 4 is 18.1 Å². The third-order valence-corrected chi connectivity index (χ3v) is 2.69. The van der Waals surface area contributed by atoms with Crippen LogP contribution in [0.3, 0.4) is 0 Å². The number of rotatable bonds is 6. The van der Waals surface area contributed by atoms with Gasteiger partial charge in [-0.25, -0.2) is 0 Å². The summed E-state index contributed by atoms with van der Waals surface area (Å²) in [5.41, 5.74) is 11.1. The number of unbranched alkanes of at least 4 members (excludes halogenated alkanes) is 1. The normalized spacial score (nSPS) is 11.7. The quantitative estimate of drug-likeness (QED) is 0.272. The van der Waals surface area contributed by atoms with Crippen LogP contribution in [0.2, 0.25) is 0 Å². The maximum atomic E-state index is 10.7. The van der Waals surface area contributed by atoms with Crippen molar-refractivity contribution in [3.8, 4) is 11.5 Å². The second-order valence-corrected chi connectivity index (χ2v) is 4.06. The number of halogens is 1. The van der Waals surface area contributed by atoms with Crippen LogP contribution in [-0.2, 0) is 0 Å². The monoisotopic (exact) mass is 291 g/mol. The minimum atomic E-state index is -0.759. The van der Waals surface area contributed by atoms with Crippen molar-refractivity contribution in [1.82, 2.24) is 0 Å². The summed E-state index contributed by atoms with van der Waals surface area (Å²) in [6.45, 7) is 0.563. The molecule has 0 aliphatic heterocycles. The highest BCUT2D eigenvalue weighted by Crippen LogP contribution is 2.37. The maximum Gasteiger partial charge on any atom is 0.314 e. The fourth-order valence-electron chi connectivity index (χ4n) is 1.65. The van der Waals surface area contributed by atoms with Crippen molar-refractivity contribution < 1.29 is 15.1 Å². The molecule has 0 bridgehead atoms. The van der Waals surface area contributed by atoms with Crippen molar-refractivity contribution in [3.05, 3.63) is 27.8 Å². The molecular weight excluding hydrogens is 274 g/mol. The van der Waals surface area contributed by atoms with Gasteiger partial charge in [-0.05, 0) is 31.0 Å². The summed E-state index contributed by atoms with van der Waals surface area (Å²) in [6, 6.07) is 2.00. The molecule has 0 radical (unpaired) electrons. The smallest absolute Gasteiger partial charge is 0.314 e. The molecule has 0 heterocycles. The van der Waals surface area contributed by atoms with E-state index in [0.29, 0.717) is 18.5 Å². The molecule has 1 aromatic carbocycles. The number of benzene rings is 1. The Labute approximate surface area is 116 Å². The van der Waals surface area contributed by atoms with Crippen LogP contribution in [0.15, 0.2) is 12.1 Å². The van der Waals surface area contributed by atoms with Gasteiger partial charge in [-0.1, -0.05) is 6.42 Å². The lowest BCUT2D eigenvalue weighted by Gasteiger charge is -2.12. The molecule has 0 spiro atoms. The lowest BCUT2D eigenvalue weighted by atomic mass is 10.0. The first-order valence-electron chi connectivity index (χ1n) is 5.63. The molecule has 0 aliphatic rings. The van der Waals surface area contributed by atoms with E-state index in [4.69, 9.17) is 11.5 Å². The first-order valence-corrected chi connectivity index (χ1v) is 5.63. The molecule has 7 nitrogen and oxygen atoms in total. The predicted octanol–water partition coefficient (Wildman–Crippen LogP) is 1.56. The second kappa shape index (κ2) is 7.78. The molecule has 0 fully saturated rings. The van der Waals surface area contributed by atoms with Crippen LogP contribution < -0.4 is 11.5 Å². The third-order valence-electron chi connectivity index (χ3n) is 2.69. The average molecular weight is 292 g/mol. The van der Waals surface area contributed by atoms with Crippen molar-refractivity contribution in [2.24, 2.45) is 11.5 Å². The van der Waals surface area contributed by atoms with Gasteiger partial charge in [-0.2, -0.15) is 0 Å². The topological polar surface area (TPSA) is 136 Å². The molecule has 0 amide bonds. The summed E-state index contributed by atoms with van der Waals surface area (Å²) in [5.74, 6) is -1.27. The van der Waals surface area contributed by atoms with Gasteiger partial charge >= 0.3 is 5.69 Å². The Balaban J connectivity index is 0.00000324. The van der Waals surface area contributed by atoms with Gasteiger partial charge in [0, 0.05) is 12.1 Å². The molecule has 8 heteroatoms. The Morgan fingerprint density at radius 2 is 1.95 bits per heavy atom. The van der Waals surface area contributed by atoms with Crippen LogP contribution in [0.1, 0.15) is 30.9 Å². The first kappa shape index (κ1) is 17.4. The Morgan fingerprint density at radius 3 is 2.47 bits per heavy atom. The minimum absolute atomic E-state index is 0. The van der Waals surface area contributed by atoms with E-state index in [1.165, 1.54) is 12.1 Å². The maximum absolute atomic E-state index is 10.7. The van der Waals surface area contributed by atoms with Gasteiger partial charge in [-0.3, -0.25) is 10.1 Å². The van der Waals surface area contributed by atoms with Crippen LogP contribution in [0.25, 0.3) is 0 Å². The molecule has 0 unspecified atom stereocenters. The van der Waals surface area contributed by atoms with Crippen LogP contribution in [0.4, 0.5) is 5.69 Å². The summed E-state index contributed by atoms with van der Waals surface area (Å²) in [5, 5.41) is 29.4. The number of aromatic hydroxyl groups is 2. The molecule has 108 valence electrons. The predicted molar refractivity (Wildman–Crippen MR) is 73.5 cm³/mol. The number of nitrogens with zero attached hydrogens (tertiary/aromatic N) is 1. The molecule has 0 aromatic heterocycles. The van der Waals surface area contributed by atoms with E-state index in [2.05, 4.69) is 0 Å². The van der Waals surface area contributed by atoms with Crippen molar-refractivity contribution in [2.45, 2.75) is 25.3 Å². The minimum Gasteiger partial charge on any atom is -0.504 e. The summed E-state index contributed by atoms with van der Waals surface area (Å²) >= 11 is 0. The Hall–Kier alpha value is -1.57. The van der Waals surface area contributed by atoms with E-state index < -0.39 is 28.2 Å². The number of hydrogen-bond acceptors (Lipinski definition) is 6. The van der Waals surface area contributed by atoms with Crippen LogP contribution in [0.5, 0.6) is 11.5 Å². The van der Waals surface area contributed by atoms with E-state index in [1.54, 1.807) is 0 Å². The third kappa shape index (κ3) is 4.55. The number of phenolic OH excluding ortho intramolecular Hbond substituents is 2. The molecule has 0 saturated carbocycles. The zero-order chi connectivity index (χ0) is 13.7. The van der Waals surface area contributed by atoms with Gasteiger partial charge in [0.1, 0.15) is 0 Å². The molecule has 0 saturated heterocycles. The highest BCUT2D eigenvalue weighted by atomic mass is 35.5. The molecule has 6 N–H and O–H groups in total. The lowest BCUT2D eigenvalue weighted by Crippen LogP contribution is -2.11. The molecule has 19 heavy (non-hydrogen) atoms. The van der Waals surface area contributed by atoms with Gasteiger partial charge in [0.25, 0.3) is 0 Å². The van der Waals surface area contributed by atoms with Crippen molar-refractivity contribution in [3.63, 3.8) is 0 Å². The number of phenols is 2. The van der Waals surface area contributed by atoms with Gasteiger partial charge in [0.15, 0.2) is 5.75 Å². The Bertz CT molecular complexity index is 442. The van der Waals surface area contributed by atoms with E-state index in [1.807, 2.05) is 0 Å². The van der Waals surface area contributed by atoms with Crippen LogP contribution in [0, 0.1) is 10.1 Å². The van der Waals surface area contributed by atoms with Gasteiger partial charge in [0.2, 0.25) is 5.75 Å². The molecule has 1 rings (SSSR count). The summed E-state index contributed by atoms with van der Waals surface area (Å²) in [4.78, 5) is 9.93. The van der Waals surface area contributed by atoms with E-state index in [-0.39, 0.29) is 12.4 Å². The van der Waals surface area contributed by atoms with Gasteiger partial charge < -0.3 is 21.7 Å². The standard InChI is InChI=1S/C11H17N3O4.ClH/c12-4-2-1-3-8(13)7-5-9(14(17)18)11(16)10(15)6-7;/h5-6,8,15-16H,1-4,12-13H2;1H/t8-;/m1./s1.